The van der Waals surface area contributed by atoms with Gasteiger partial charge in [0.15, 0.2) is 5.78 Å². The van der Waals surface area contributed by atoms with Gasteiger partial charge in [0.25, 0.3) is 0 Å². The van der Waals surface area contributed by atoms with Crippen LogP contribution >= 0.6 is 0 Å². The minimum Gasteiger partial charge on any atom is -0.480 e. The molecule has 18 heavy (non-hydrogen) atoms. The summed E-state index contributed by atoms with van der Waals surface area (Å²) in [6, 6.07) is 7.38. The van der Waals surface area contributed by atoms with E-state index < -0.39 is 12.6 Å². The summed E-state index contributed by atoms with van der Waals surface area (Å²) >= 11 is 0. The fraction of sp³-hybridized carbons (Fsp3) is 0.429. The van der Waals surface area contributed by atoms with Gasteiger partial charge >= 0.3 is 5.97 Å². The zero-order valence-electron chi connectivity index (χ0n) is 10.5. The molecule has 0 saturated heterocycles. The van der Waals surface area contributed by atoms with Crippen molar-refractivity contribution in [2.75, 3.05) is 13.2 Å². The Morgan fingerprint density at radius 1 is 1.17 bits per heavy atom. The van der Waals surface area contributed by atoms with Gasteiger partial charge in [-0.3, -0.25) is 4.79 Å². The summed E-state index contributed by atoms with van der Waals surface area (Å²) in [5.74, 6) is -1.27. The average Bonchev–Trinajstić information content (AvgIpc) is 2.36. The summed E-state index contributed by atoms with van der Waals surface area (Å²) in [5.41, 5.74) is 1.76. The number of carboxylic acids is 1. The first-order chi connectivity index (χ1) is 8.63. The number of hydrogen-bond donors (Lipinski definition) is 1. The van der Waals surface area contributed by atoms with Crippen molar-refractivity contribution < 1.29 is 19.4 Å². The maximum atomic E-state index is 11.6. The Hall–Kier alpha value is -1.68. The quantitative estimate of drug-likeness (QED) is 0.719. The first kappa shape index (κ1) is 14.4. The molecule has 0 aliphatic heterocycles. The lowest BCUT2D eigenvalue weighted by molar-refractivity contribution is -0.141. The molecule has 0 saturated carbocycles. The lowest BCUT2D eigenvalue weighted by atomic mass is 10.0. The summed E-state index contributed by atoms with van der Waals surface area (Å²) in [6.45, 7) is 1.50. The first-order valence-corrected chi connectivity index (χ1v) is 6.05. The number of rotatable bonds is 8. The monoisotopic (exact) mass is 250 g/mol. The van der Waals surface area contributed by atoms with Crippen LogP contribution < -0.4 is 0 Å². The van der Waals surface area contributed by atoms with E-state index in [0.717, 1.165) is 19.3 Å². The molecule has 1 N–H and O–H groups in total. The summed E-state index contributed by atoms with van der Waals surface area (Å²) in [6.07, 6.45) is 3.29. The van der Waals surface area contributed by atoms with Gasteiger partial charge in [-0.25, -0.2) is 4.79 Å². The number of carbonyl (C=O) groups excluding carboxylic acids is 1. The summed E-state index contributed by atoms with van der Waals surface area (Å²) in [4.78, 5) is 21.9. The maximum absolute atomic E-state index is 11.6. The minimum atomic E-state index is -1.07. The zero-order chi connectivity index (χ0) is 13.4. The van der Waals surface area contributed by atoms with Crippen molar-refractivity contribution in [3.8, 4) is 0 Å². The van der Waals surface area contributed by atoms with Crippen LogP contribution in [0.3, 0.4) is 0 Å². The maximum Gasteiger partial charge on any atom is 0.329 e. The van der Waals surface area contributed by atoms with Crippen LogP contribution in [0.4, 0.5) is 0 Å². The Morgan fingerprint density at radius 2 is 1.83 bits per heavy atom. The molecule has 0 fully saturated rings. The molecule has 1 aromatic rings. The summed E-state index contributed by atoms with van der Waals surface area (Å²) in [7, 11) is 0. The van der Waals surface area contributed by atoms with Crippen molar-refractivity contribution in [2.45, 2.75) is 26.2 Å². The highest BCUT2D eigenvalue weighted by molar-refractivity contribution is 5.97. The van der Waals surface area contributed by atoms with Gasteiger partial charge < -0.3 is 9.84 Å². The fourth-order valence-corrected chi connectivity index (χ4v) is 1.55. The minimum absolute atomic E-state index is 0.194. The number of carboxylic acid groups (broad SMARTS) is 1. The molecular weight excluding hydrogens is 232 g/mol. The van der Waals surface area contributed by atoms with E-state index in [1.54, 1.807) is 12.1 Å². The van der Waals surface area contributed by atoms with E-state index in [1.165, 1.54) is 5.56 Å². The lowest BCUT2D eigenvalue weighted by Crippen LogP contribution is -2.14. The number of hydrogen-bond acceptors (Lipinski definition) is 3. The molecule has 0 unspecified atom stereocenters. The van der Waals surface area contributed by atoms with Gasteiger partial charge in [-0.2, -0.15) is 0 Å². The highest BCUT2D eigenvalue weighted by Crippen LogP contribution is 2.08. The molecule has 0 atom stereocenters. The number of ether oxygens (including phenoxy) is 1. The van der Waals surface area contributed by atoms with Crippen molar-refractivity contribution >= 4 is 11.8 Å². The third-order valence-electron chi connectivity index (χ3n) is 2.55. The van der Waals surface area contributed by atoms with E-state index in [0.29, 0.717) is 5.56 Å². The Morgan fingerprint density at radius 3 is 2.39 bits per heavy atom. The van der Waals surface area contributed by atoms with Crippen molar-refractivity contribution in [1.82, 2.24) is 0 Å². The molecule has 98 valence electrons. The molecule has 0 amide bonds. The number of benzene rings is 1. The molecule has 0 aromatic heterocycles. The molecule has 4 heteroatoms. The molecule has 0 spiro atoms. The number of aryl methyl sites for hydroxylation is 1. The Labute approximate surface area is 107 Å². The predicted octanol–water partition coefficient (Wildman–Crippen LogP) is 2.31. The molecule has 0 aliphatic rings. The van der Waals surface area contributed by atoms with Gasteiger partial charge in [-0.15, -0.1) is 0 Å². The van der Waals surface area contributed by atoms with Gasteiger partial charge in [0.2, 0.25) is 0 Å². The number of Topliss-reactive ketones (excluding diaryl/α,β-unsaturated/α-hetero) is 1. The number of aliphatic carboxylic acids is 1. The molecule has 4 nitrogen and oxygen atoms in total. The van der Waals surface area contributed by atoms with Crippen LogP contribution in [0.15, 0.2) is 24.3 Å². The van der Waals surface area contributed by atoms with E-state index in [4.69, 9.17) is 9.84 Å². The van der Waals surface area contributed by atoms with Crippen LogP contribution in [0.5, 0.6) is 0 Å². The average molecular weight is 250 g/mol. The second-order valence-electron chi connectivity index (χ2n) is 4.11. The Balaban J connectivity index is 2.46. The summed E-state index contributed by atoms with van der Waals surface area (Å²) in [5, 5.41) is 8.38. The largest absolute Gasteiger partial charge is 0.480 e. The van der Waals surface area contributed by atoms with Crippen LogP contribution in [0.2, 0.25) is 0 Å². The number of carbonyl (C=O) groups is 2. The van der Waals surface area contributed by atoms with Gasteiger partial charge in [-0.05, 0) is 18.4 Å². The van der Waals surface area contributed by atoms with E-state index in [1.807, 2.05) is 12.1 Å². The van der Waals surface area contributed by atoms with E-state index in [2.05, 4.69) is 6.92 Å². The van der Waals surface area contributed by atoms with Crippen molar-refractivity contribution in [2.24, 2.45) is 0 Å². The van der Waals surface area contributed by atoms with Gasteiger partial charge in [0, 0.05) is 5.56 Å². The molecular formula is C14H18O4. The van der Waals surface area contributed by atoms with Crippen LogP contribution in [-0.4, -0.2) is 30.1 Å². The normalized spacial score (nSPS) is 10.3. The number of unbranched alkanes of at least 4 members (excludes halogenated alkanes) is 1. The number of ketones is 1. The second kappa shape index (κ2) is 7.61. The van der Waals surface area contributed by atoms with Gasteiger partial charge in [-0.1, -0.05) is 37.6 Å². The Bertz CT molecular complexity index is 395. The fourth-order valence-electron chi connectivity index (χ4n) is 1.55. The first-order valence-electron chi connectivity index (χ1n) is 6.05. The van der Waals surface area contributed by atoms with E-state index in [-0.39, 0.29) is 12.4 Å². The standard InChI is InChI=1S/C14H18O4/c1-2-3-4-11-5-7-12(8-6-11)13(15)9-18-10-14(16)17/h5-8H,2-4,9-10H2,1H3,(H,16,17). The van der Waals surface area contributed by atoms with Gasteiger partial charge in [0.1, 0.15) is 13.2 Å². The third kappa shape index (κ3) is 5.10. The van der Waals surface area contributed by atoms with Crippen LogP contribution in [0.25, 0.3) is 0 Å². The molecule has 1 aromatic carbocycles. The van der Waals surface area contributed by atoms with Gasteiger partial charge in [0.05, 0.1) is 0 Å². The highest BCUT2D eigenvalue weighted by Gasteiger charge is 2.07. The van der Waals surface area contributed by atoms with Crippen molar-refractivity contribution in [1.29, 1.82) is 0 Å². The molecule has 0 bridgehead atoms. The predicted molar refractivity (Wildman–Crippen MR) is 67.8 cm³/mol. The lowest BCUT2D eigenvalue weighted by Gasteiger charge is -2.03. The molecule has 1 rings (SSSR count). The smallest absolute Gasteiger partial charge is 0.329 e. The zero-order valence-corrected chi connectivity index (χ0v) is 10.5. The van der Waals surface area contributed by atoms with E-state index >= 15 is 0 Å². The molecule has 0 heterocycles. The van der Waals surface area contributed by atoms with Crippen LogP contribution in [0.1, 0.15) is 35.7 Å². The topological polar surface area (TPSA) is 63.6 Å². The highest BCUT2D eigenvalue weighted by atomic mass is 16.5. The SMILES string of the molecule is CCCCc1ccc(C(=O)COCC(=O)O)cc1. The molecule has 0 aliphatic carbocycles. The Kier molecular flexibility index (Phi) is 6.08. The summed E-state index contributed by atoms with van der Waals surface area (Å²) < 4.78 is 4.76. The van der Waals surface area contributed by atoms with E-state index in [9.17, 15) is 9.59 Å². The van der Waals surface area contributed by atoms with Crippen LogP contribution in [-0.2, 0) is 16.0 Å². The second-order valence-corrected chi connectivity index (χ2v) is 4.11. The molecule has 0 radical (unpaired) electrons. The van der Waals surface area contributed by atoms with Crippen molar-refractivity contribution in [3.63, 3.8) is 0 Å². The van der Waals surface area contributed by atoms with Crippen LogP contribution in [0, 0.1) is 0 Å². The van der Waals surface area contributed by atoms with Crippen molar-refractivity contribution in [3.05, 3.63) is 35.4 Å². The third-order valence-corrected chi connectivity index (χ3v) is 2.55.